The fourth-order valence-electron chi connectivity index (χ4n) is 4.85. The van der Waals surface area contributed by atoms with E-state index in [-0.39, 0.29) is 42.2 Å². The molecule has 0 radical (unpaired) electrons. The van der Waals surface area contributed by atoms with Crippen molar-refractivity contribution in [2.45, 2.75) is 19.4 Å². The average molecular weight is 478 g/mol. The third kappa shape index (κ3) is 2.99. The van der Waals surface area contributed by atoms with Gasteiger partial charge in [-0.25, -0.2) is 9.18 Å². The maximum Gasteiger partial charge on any atom is 0.353 e. The van der Waals surface area contributed by atoms with Gasteiger partial charge in [-0.15, -0.1) is 0 Å². The second-order valence-electron chi connectivity index (χ2n) is 8.31. The smallest absolute Gasteiger partial charge is 0.353 e. The van der Waals surface area contributed by atoms with E-state index in [4.69, 9.17) is 16.3 Å². The maximum absolute atomic E-state index is 15.1. The summed E-state index contributed by atoms with van der Waals surface area (Å²) in [5.74, 6) is -1.62. The number of carbonyl (C=O) groups excluding carboxylic acids is 1. The third-order valence-corrected chi connectivity index (χ3v) is 6.72. The number of aromatic carboxylic acids is 1. The molecule has 0 atom stereocenters. The Labute approximate surface area is 197 Å². The number of hydrogen-bond acceptors (Lipinski definition) is 4. The van der Waals surface area contributed by atoms with Crippen molar-refractivity contribution >= 4 is 50.7 Å². The lowest BCUT2D eigenvalue weighted by molar-refractivity contribution is -0.113. The minimum atomic E-state index is -1.23. The lowest BCUT2D eigenvalue weighted by atomic mass is 9.92. The second-order valence-corrected chi connectivity index (χ2v) is 8.72. The van der Waals surface area contributed by atoms with Gasteiger partial charge in [-0.1, -0.05) is 29.8 Å². The topological polar surface area (TPSA) is 97.2 Å². The number of nitrogens with one attached hydrogen (secondary N) is 1. The summed E-state index contributed by atoms with van der Waals surface area (Å²) < 4.78 is 22.4. The van der Waals surface area contributed by atoms with Crippen molar-refractivity contribution in [1.29, 1.82) is 0 Å². The quantitative estimate of drug-likeness (QED) is 0.435. The van der Waals surface area contributed by atoms with Gasteiger partial charge in [-0.2, -0.15) is 5.10 Å². The lowest BCUT2D eigenvalue weighted by Crippen LogP contribution is -2.13. The number of Topliss-reactive ketones (excluding diaryl/α,β-unsaturated/α-hetero) is 1. The van der Waals surface area contributed by atoms with E-state index in [0.717, 1.165) is 10.9 Å². The number of allylic oxidation sites excluding steroid dienone is 4. The maximum atomic E-state index is 15.1. The molecule has 2 aromatic heterocycles. The van der Waals surface area contributed by atoms with Gasteiger partial charge in [0.15, 0.2) is 5.78 Å². The summed E-state index contributed by atoms with van der Waals surface area (Å²) in [5.41, 5.74) is 2.49. The van der Waals surface area contributed by atoms with Crippen molar-refractivity contribution in [3.8, 4) is 5.75 Å². The minimum absolute atomic E-state index is 0.0492. The van der Waals surface area contributed by atoms with Crippen LogP contribution in [0.1, 0.15) is 33.6 Å². The Morgan fingerprint density at radius 1 is 1.32 bits per heavy atom. The molecule has 170 valence electrons. The summed E-state index contributed by atoms with van der Waals surface area (Å²) in [6.07, 6.45) is 7.22. The number of benzene rings is 2. The van der Waals surface area contributed by atoms with Gasteiger partial charge in [0, 0.05) is 46.5 Å². The predicted molar refractivity (Wildman–Crippen MR) is 125 cm³/mol. The number of fused-ring (bicyclic) bond motifs is 4. The summed E-state index contributed by atoms with van der Waals surface area (Å²) in [4.78, 5) is 25.5. The van der Waals surface area contributed by atoms with Crippen LogP contribution in [0.2, 0.25) is 5.02 Å². The molecule has 0 amide bonds. The van der Waals surface area contributed by atoms with E-state index in [0.29, 0.717) is 39.2 Å². The fraction of sp³-hybridized carbons (Fsp3) is 0.160. The normalized spacial score (nSPS) is 15.1. The first-order chi connectivity index (χ1) is 16.4. The van der Waals surface area contributed by atoms with Crippen LogP contribution in [0.15, 0.2) is 42.6 Å². The zero-order valence-corrected chi connectivity index (χ0v) is 18.4. The number of carboxylic acids is 1. The van der Waals surface area contributed by atoms with Crippen molar-refractivity contribution in [2.75, 3.05) is 6.61 Å². The van der Waals surface area contributed by atoms with E-state index in [1.807, 2.05) is 6.07 Å². The molecule has 34 heavy (non-hydrogen) atoms. The Bertz CT molecular complexity index is 1610. The molecular weight excluding hydrogens is 461 g/mol. The molecule has 6 rings (SSSR count). The molecule has 2 aliphatic rings. The third-order valence-electron chi connectivity index (χ3n) is 6.37. The molecule has 1 aliphatic heterocycles. The molecule has 9 heteroatoms. The van der Waals surface area contributed by atoms with E-state index in [1.54, 1.807) is 30.5 Å². The van der Waals surface area contributed by atoms with Crippen LogP contribution in [0.4, 0.5) is 4.39 Å². The molecule has 0 bridgehead atoms. The van der Waals surface area contributed by atoms with E-state index >= 15 is 4.39 Å². The molecule has 2 aromatic carbocycles. The highest BCUT2D eigenvalue weighted by atomic mass is 35.5. The molecule has 0 unspecified atom stereocenters. The van der Waals surface area contributed by atoms with E-state index in [1.165, 1.54) is 10.6 Å². The van der Waals surface area contributed by atoms with E-state index in [9.17, 15) is 14.7 Å². The van der Waals surface area contributed by atoms with Crippen molar-refractivity contribution < 1.29 is 23.8 Å². The van der Waals surface area contributed by atoms with E-state index in [2.05, 4.69) is 10.2 Å². The molecule has 0 saturated heterocycles. The number of ether oxygens (including phenoxy) is 1. The summed E-state index contributed by atoms with van der Waals surface area (Å²) >= 11 is 6.51. The van der Waals surface area contributed by atoms with Crippen LogP contribution in [-0.2, 0) is 17.8 Å². The zero-order valence-electron chi connectivity index (χ0n) is 17.7. The van der Waals surface area contributed by atoms with Gasteiger partial charge in [-0.3, -0.25) is 9.89 Å². The Kier molecular flexibility index (Phi) is 4.60. The fourth-order valence-corrected chi connectivity index (χ4v) is 5.07. The number of halogens is 2. The van der Waals surface area contributed by atoms with Crippen molar-refractivity contribution in [3.63, 3.8) is 0 Å². The Balaban J connectivity index is 1.69. The molecule has 4 aromatic rings. The number of ketones is 1. The Morgan fingerprint density at radius 2 is 2.18 bits per heavy atom. The molecule has 0 saturated carbocycles. The molecule has 1 aliphatic carbocycles. The van der Waals surface area contributed by atoms with Gasteiger partial charge in [0.05, 0.1) is 29.2 Å². The van der Waals surface area contributed by atoms with Crippen LogP contribution in [0, 0.1) is 5.82 Å². The number of nitrogens with zero attached hydrogens (tertiary/aromatic N) is 2. The number of carboxylic acid groups (broad SMARTS) is 1. The first-order valence-electron chi connectivity index (χ1n) is 10.7. The van der Waals surface area contributed by atoms with Crippen molar-refractivity contribution in [3.05, 3.63) is 75.8 Å². The molecule has 7 nitrogen and oxygen atoms in total. The summed E-state index contributed by atoms with van der Waals surface area (Å²) in [5, 5.41) is 18.8. The van der Waals surface area contributed by atoms with Gasteiger partial charge in [-0.05, 0) is 23.8 Å². The standard InChI is InChI=1S/C25H17ClFN3O4/c26-16-8-18-12(10-28-29-18)7-13(16)11-30-19-9-17(27)14-5-6-34-24(14)22(19)21(23(30)25(32)33)15-3-1-2-4-20(15)31/h1-3,7-10H,4-6,11H2,(H,28,29)(H,32,33). The summed E-state index contributed by atoms with van der Waals surface area (Å²) in [7, 11) is 0. The van der Waals surface area contributed by atoms with Gasteiger partial charge >= 0.3 is 5.97 Å². The van der Waals surface area contributed by atoms with Crippen LogP contribution in [0.25, 0.3) is 27.4 Å². The van der Waals surface area contributed by atoms with Crippen LogP contribution in [0.5, 0.6) is 5.75 Å². The predicted octanol–water partition coefficient (Wildman–Crippen LogP) is 4.90. The summed E-state index contributed by atoms with van der Waals surface area (Å²) in [6.45, 7) is 0.335. The molecule has 2 N–H and O–H groups in total. The minimum Gasteiger partial charge on any atom is -0.492 e. The first-order valence-corrected chi connectivity index (χ1v) is 11.1. The van der Waals surface area contributed by atoms with Crippen LogP contribution in [0.3, 0.4) is 0 Å². The number of aromatic nitrogens is 3. The number of carbonyl (C=O) groups is 2. The van der Waals surface area contributed by atoms with Gasteiger partial charge in [0.1, 0.15) is 17.3 Å². The van der Waals surface area contributed by atoms with Gasteiger partial charge in [0.25, 0.3) is 0 Å². The largest absolute Gasteiger partial charge is 0.492 e. The van der Waals surface area contributed by atoms with E-state index < -0.39 is 11.8 Å². The Hall–Kier alpha value is -3.91. The average Bonchev–Trinajstić information content (AvgIpc) is 3.52. The molecule has 0 fully saturated rings. The molecule has 0 spiro atoms. The highest BCUT2D eigenvalue weighted by Gasteiger charge is 2.33. The highest BCUT2D eigenvalue weighted by Crippen LogP contribution is 2.44. The zero-order chi connectivity index (χ0) is 23.6. The molecular formula is C25H17ClFN3O4. The Morgan fingerprint density at radius 3 is 2.97 bits per heavy atom. The highest BCUT2D eigenvalue weighted by molar-refractivity contribution is 6.32. The van der Waals surface area contributed by atoms with Crippen molar-refractivity contribution in [2.24, 2.45) is 0 Å². The van der Waals surface area contributed by atoms with Crippen molar-refractivity contribution in [1.82, 2.24) is 14.8 Å². The monoisotopic (exact) mass is 477 g/mol. The van der Waals surface area contributed by atoms with Crippen LogP contribution >= 0.6 is 11.6 Å². The SMILES string of the molecule is O=C1CC=CC=C1c1c(C(=O)O)n(Cc2cc3cn[nH]c3cc2Cl)c2cc(F)c3c(c12)OCC3. The number of H-pyrrole nitrogens is 1. The van der Waals surface area contributed by atoms with Gasteiger partial charge < -0.3 is 14.4 Å². The lowest BCUT2D eigenvalue weighted by Gasteiger charge is -2.12. The number of rotatable bonds is 4. The summed E-state index contributed by atoms with van der Waals surface area (Å²) in [6, 6.07) is 4.85. The number of aromatic amines is 1. The van der Waals surface area contributed by atoms with Crippen LogP contribution in [-0.4, -0.2) is 38.2 Å². The first kappa shape index (κ1) is 20.7. The van der Waals surface area contributed by atoms with Crippen LogP contribution < -0.4 is 4.74 Å². The van der Waals surface area contributed by atoms with Gasteiger partial charge in [0.2, 0.25) is 0 Å². The molecule has 3 heterocycles. The second kappa shape index (κ2) is 7.56. The number of hydrogen-bond donors (Lipinski definition) is 2.